The summed E-state index contributed by atoms with van der Waals surface area (Å²) >= 11 is 0. The first-order valence-electron chi connectivity index (χ1n) is 5.70. The Morgan fingerprint density at radius 3 is 2.61 bits per heavy atom. The predicted molar refractivity (Wildman–Crippen MR) is 67.1 cm³/mol. The van der Waals surface area contributed by atoms with Crippen LogP contribution in [0.5, 0.6) is 0 Å². The molecule has 0 saturated heterocycles. The Morgan fingerprint density at radius 2 is 2.06 bits per heavy atom. The van der Waals surface area contributed by atoms with Gasteiger partial charge in [0.2, 0.25) is 0 Å². The van der Waals surface area contributed by atoms with Crippen molar-refractivity contribution in [2.75, 3.05) is 19.5 Å². The monoisotopic (exact) mass is 251 g/mol. The summed E-state index contributed by atoms with van der Waals surface area (Å²) in [6.07, 6.45) is 0.766. The van der Waals surface area contributed by atoms with E-state index in [-0.39, 0.29) is 12.4 Å². The number of nitrogens with two attached hydrogens (primary N) is 1. The Morgan fingerprint density at radius 1 is 1.33 bits per heavy atom. The number of hydrogen-bond acceptors (Lipinski definition) is 5. The van der Waals surface area contributed by atoms with Crippen LogP contribution in [0.2, 0.25) is 0 Å². The molecule has 0 amide bonds. The molecular formula is C13H17NO4. The topological polar surface area (TPSA) is 78.6 Å². The number of anilines is 1. The minimum atomic E-state index is -0.432. The van der Waals surface area contributed by atoms with Crippen LogP contribution in [0.4, 0.5) is 5.69 Å². The van der Waals surface area contributed by atoms with E-state index in [4.69, 9.17) is 10.5 Å². The summed E-state index contributed by atoms with van der Waals surface area (Å²) in [5.74, 6) is -0.687. The minimum absolute atomic E-state index is 0.256. The second-order valence-electron chi connectivity index (χ2n) is 3.71. The summed E-state index contributed by atoms with van der Waals surface area (Å²) in [5.41, 5.74) is 7.50. The fraction of sp³-hybridized carbons (Fsp3) is 0.385. The Bertz CT molecular complexity index is 443. The Kier molecular flexibility index (Phi) is 5.17. The van der Waals surface area contributed by atoms with E-state index in [1.165, 1.54) is 7.11 Å². The molecule has 0 aliphatic carbocycles. The van der Waals surface area contributed by atoms with Crippen LogP contribution >= 0.6 is 0 Å². The van der Waals surface area contributed by atoms with Gasteiger partial charge in [0, 0.05) is 12.1 Å². The Labute approximate surface area is 106 Å². The lowest BCUT2D eigenvalue weighted by molar-refractivity contribution is -0.143. The van der Waals surface area contributed by atoms with E-state index in [1.807, 2.05) is 0 Å². The third-order valence-corrected chi connectivity index (χ3v) is 2.47. The van der Waals surface area contributed by atoms with Crippen molar-refractivity contribution in [3.05, 3.63) is 29.3 Å². The van der Waals surface area contributed by atoms with Crippen LogP contribution in [-0.4, -0.2) is 25.7 Å². The molecular weight excluding hydrogens is 234 g/mol. The van der Waals surface area contributed by atoms with E-state index < -0.39 is 5.97 Å². The molecule has 0 aliphatic rings. The number of hydrogen-bond donors (Lipinski definition) is 1. The summed E-state index contributed by atoms with van der Waals surface area (Å²) in [7, 11) is 1.31. The number of ether oxygens (including phenoxy) is 2. The number of carbonyl (C=O) groups is 2. The first kappa shape index (κ1) is 14.0. The van der Waals surface area contributed by atoms with Gasteiger partial charge in [0.25, 0.3) is 0 Å². The molecule has 1 aromatic carbocycles. The van der Waals surface area contributed by atoms with Crippen LogP contribution < -0.4 is 5.73 Å². The number of aryl methyl sites for hydroxylation is 1. The fourth-order valence-electron chi connectivity index (χ4n) is 1.54. The van der Waals surface area contributed by atoms with Crippen LogP contribution in [0.15, 0.2) is 18.2 Å². The van der Waals surface area contributed by atoms with Gasteiger partial charge >= 0.3 is 11.9 Å². The average Bonchev–Trinajstić information content (AvgIpc) is 2.36. The van der Waals surface area contributed by atoms with E-state index in [0.29, 0.717) is 24.3 Å². The normalized spacial score (nSPS) is 9.89. The average molecular weight is 251 g/mol. The van der Waals surface area contributed by atoms with E-state index in [9.17, 15) is 9.59 Å². The largest absolute Gasteiger partial charge is 0.466 e. The van der Waals surface area contributed by atoms with Crippen molar-refractivity contribution in [1.29, 1.82) is 0 Å². The van der Waals surface area contributed by atoms with Gasteiger partial charge in [-0.05, 0) is 31.0 Å². The van der Waals surface area contributed by atoms with Crippen molar-refractivity contribution in [2.45, 2.75) is 19.8 Å². The molecule has 0 bridgehead atoms. The van der Waals surface area contributed by atoms with Gasteiger partial charge in [-0.1, -0.05) is 6.07 Å². The molecule has 2 N–H and O–H groups in total. The summed E-state index contributed by atoms with van der Waals surface area (Å²) in [6.45, 7) is 2.13. The van der Waals surface area contributed by atoms with Crippen molar-refractivity contribution in [1.82, 2.24) is 0 Å². The van der Waals surface area contributed by atoms with Crippen molar-refractivity contribution in [3.8, 4) is 0 Å². The molecule has 0 spiro atoms. The van der Waals surface area contributed by atoms with Crippen molar-refractivity contribution >= 4 is 17.6 Å². The number of benzene rings is 1. The third kappa shape index (κ3) is 3.76. The van der Waals surface area contributed by atoms with Gasteiger partial charge in [-0.2, -0.15) is 0 Å². The molecule has 5 heteroatoms. The second-order valence-corrected chi connectivity index (χ2v) is 3.71. The SMILES string of the molecule is CCOC(=O)CCc1ccc(C(=O)OC)cc1N. The lowest BCUT2D eigenvalue weighted by Gasteiger charge is -2.07. The molecule has 98 valence electrons. The van der Waals surface area contributed by atoms with Gasteiger partial charge in [-0.25, -0.2) is 4.79 Å². The lowest BCUT2D eigenvalue weighted by atomic mass is 10.0. The number of methoxy groups -OCH3 is 1. The molecule has 0 aromatic heterocycles. The van der Waals surface area contributed by atoms with Crippen molar-refractivity contribution < 1.29 is 19.1 Å². The molecule has 0 atom stereocenters. The number of nitrogen functional groups attached to an aromatic ring is 1. The molecule has 18 heavy (non-hydrogen) atoms. The van der Waals surface area contributed by atoms with Gasteiger partial charge in [-0.3, -0.25) is 4.79 Å². The molecule has 1 rings (SSSR count). The molecule has 0 radical (unpaired) electrons. The van der Waals surface area contributed by atoms with Gasteiger partial charge in [-0.15, -0.1) is 0 Å². The summed E-state index contributed by atoms with van der Waals surface area (Å²) in [4.78, 5) is 22.5. The number of carbonyl (C=O) groups excluding carboxylic acids is 2. The second kappa shape index (κ2) is 6.64. The number of esters is 2. The van der Waals surface area contributed by atoms with Gasteiger partial charge in [0.1, 0.15) is 0 Å². The lowest BCUT2D eigenvalue weighted by Crippen LogP contribution is -2.07. The maximum Gasteiger partial charge on any atom is 0.337 e. The fourth-order valence-corrected chi connectivity index (χ4v) is 1.54. The van der Waals surface area contributed by atoms with Crippen LogP contribution in [0.25, 0.3) is 0 Å². The molecule has 1 aromatic rings. The highest BCUT2D eigenvalue weighted by Gasteiger charge is 2.09. The molecule has 0 heterocycles. The summed E-state index contributed by atoms with van der Waals surface area (Å²) in [5, 5.41) is 0. The smallest absolute Gasteiger partial charge is 0.337 e. The summed E-state index contributed by atoms with van der Waals surface area (Å²) < 4.78 is 9.42. The van der Waals surface area contributed by atoms with Crippen molar-refractivity contribution in [2.24, 2.45) is 0 Å². The zero-order valence-electron chi connectivity index (χ0n) is 10.6. The van der Waals surface area contributed by atoms with Gasteiger partial charge in [0.05, 0.1) is 19.3 Å². The summed E-state index contributed by atoms with van der Waals surface area (Å²) in [6, 6.07) is 4.90. The van der Waals surface area contributed by atoms with Gasteiger partial charge in [0.15, 0.2) is 0 Å². The number of rotatable bonds is 5. The highest BCUT2D eigenvalue weighted by molar-refractivity contribution is 5.90. The van der Waals surface area contributed by atoms with Crippen LogP contribution in [0, 0.1) is 0 Å². The highest BCUT2D eigenvalue weighted by Crippen LogP contribution is 2.17. The van der Waals surface area contributed by atoms with E-state index in [0.717, 1.165) is 5.56 Å². The Hall–Kier alpha value is -2.04. The van der Waals surface area contributed by atoms with Crippen LogP contribution in [0.1, 0.15) is 29.3 Å². The Balaban J connectivity index is 2.68. The molecule has 0 aliphatic heterocycles. The minimum Gasteiger partial charge on any atom is -0.466 e. The zero-order chi connectivity index (χ0) is 13.5. The van der Waals surface area contributed by atoms with Gasteiger partial charge < -0.3 is 15.2 Å². The van der Waals surface area contributed by atoms with E-state index in [1.54, 1.807) is 25.1 Å². The standard InChI is InChI=1S/C13H17NO4/c1-3-18-12(15)7-6-9-4-5-10(8-11(9)14)13(16)17-2/h4-5,8H,3,6-7,14H2,1-2H3. The first-order valence-corrected chi connectivity index (χ1v) is 5.70. The first-order chi connectivity index (χ1) is 8.58. The van der Waals surface area contributed by atoms with Crippen molar-refractivity contribution in [3.63, 3.8) is 0 Å². The molecule has 5 nitrogen and oxygen atoms in total. The van der Waals surface area contributed by atoms with Crippen LogP contribution in [0.3, 0.4) is 0 Å². The maximum absolute atomic E-state index is 11.3. The van der Waals surface area contributed by atoms with E-state index in [2.05, 4.69) is 4.74 Å². The molecule has 0 fully saturated rings. The predicted octanol–water partition coefficient (Wildman–Crippen LogP) is 1.55. The third-order valence-electron chi connectivity index (χ3n) is 2.47. The molecule has 0 unspecified atom stereocenters. The molecule has 0 saturated carbocycles. The highest BCUT2D eigenvalue weighted by atomic mass is 16.5. The van der Waals surface area contributed by atoms with E-state index >= 15 is 0 Å². The zero-order valence-corrected chi connectivity index (χ0v) is 10.6. The van der Waals surface area contributed by atoms with Crippen LogP contribution in [-0.2, 0) is 20.7 Å². The maximum atomic E-state index is 11.3. The quantitative estimate of drug-likeness (QED) is 0.634.